The molecule has 0 fully saturated rings. The van der Waals surface area contributed by atoms with Crippen LogP contribution in [0, 0.1) is 22.7 Å². The van der Waals surface area contributed by atoms with Gasteiger partial charge < -0.3 is 0 Å². The van der Waals surface area contributed by atoms with E-state index >= 15 is 0 Å². The number of hydrogen-bond donors (Lipinski definition) is 0. The predicted molar refractivity (Wildman–Crippen MR) is 50.6 cm³/mol. The van der Waals surface area contributed by atoms with Gasteiger partial charge in [0.2, 0.25) is 0 Å². The summed E-state index contributed by atoms with van der Waals surface area (Å²) in [7, 11) is 0. The van der Waals surface area contributed by atoms with Crippen LogP contribution in [0.2, 0.25) is 0 Å². The maximum atomic E-state index is 12.3. The summed E-state index contributed by atoms with van der Waals surface area (Å²) < 4.78 is 24.6. The number of nitriles is 2. The Morgan fingerprint density at radius 2 is 1.93 bits per heavy atom. The van der Waals surface area contributed by atoms with Crippen molar-refractivity contribution in [3.63, 3.8) is 0 Å². The summed E-state index contributed by atoms with van der Waals surface area (Å²) in [5, 5.41) is 17.0. The number of allylic oxidation sites excluding steroid dienone is 1. The summed E-state index contributed by atoms with van der Waals surface area (Å²) in [5.41, 5.74) is 0.186. The zero-order valence-corrected chi connectivity index (χ0v) is 7.61. The average molecular weight is 204 g/mol. The molecule has 0 spiro atoms. The minimum Gasteiger partial charge on any atom is -0.205 e. The van der Waals surface area contributed by atoms with Crippen molar-refractivity contribution in [1.29, 1.82) is 10.5 Å². The third-order valence-electron chi connectivity index (χ3n) is 1.71. The highest BCUT2D eigenvalue weighted by Gasteiger charge is 2.06. The summed E-state index contributed by atoms with van der Waals surface area (Å²) in [6.07, 6.45) is -1.28. The van der Waals surface area contributed by atoms with E-state index in [1.165, 1.54) is 24.3 Å². The molecule has 0 heterocycles. The fourth-order valence-corrected chi connectivity index (χ4v) is 1.04. The van der Waals surface area contributed by atoms with E-state index < -0.39 is 6.43 Å². The fraction of sp³-hybridized carbons (Fsp3) is 0.0909. The van der Waals surface area contributed by atoms with Crippen LogP contribution in [0.3, 0.4) is 0 Å². The van der Waals surface area contributed by atoms with E-state index in [1.807, 2.05) is 0 Å². The molecule has 0 aliphatic rings. The SMILES string of the molecule is N#CC(C#N)=Cc1cccc(C(F)F)c1. The van der Waals surface area contributed by atoms with E-state index in [9.17, 15) is 8.78 Å². The first-order valence-electron chi connectivity index (χ1n) is 4.07. The first kappa shape index (κ1) is 10.9. The van der Waals surface area contributed by atoms with E-state index in [1.54, 1.807) is 18.2 Å². The summed E-state index contributed by atoms with van der Waals surface area (Å²) in [5.74, 6) is 0. The smallest absolute Gasteiger partial charge is 0.205 e. The molecule has 0 saturated carbocycles. The first-order chi connectivity index (χ1) is 7.17. The van der Waals surface area contributed by atoms with Crippen molar-refractivity contribution >= 4 is 6.08 Å². The molecule has 0 N–H and O–H groups in total. The van der Waals surface area contributed by atoms with Gasteiger partial charge in [0.15, 0.2) is 0 Å². The number of benzene rings is 1. The van der Waals surface area contributed by atoms with Crippen LogP contribution in [0.15, 0.2) is 29.8 Å². The van der Waals surface area contributed by atoms with E-state index in [-0.39, 0.29) is 11.1 Å². The Bertz CT molecular complexity index is 448. The van der Waals surface area contributed by atoms with Crippen LogP contribution in [0.1, 0.15) is 17.6 Å². The molecular formula is C11H6F2N2. The van der Waals surface area contributed by atoms with Crippen molar-refractivity contribution < 1.29 is 8.78 Å². The Morgan fingerprint density at radius 1 is 1.27 bits per heavy atom. The first-order valence-corrected chi connectivity index (χ1v) is 4.07. The van der Waals surface area contributed by atoms with Crippen LogP contribution >= 0.6 is 0 Å². The maximum absolute atomic E-state index is 12.3. The zero-order valence-electron chi connectivity index (χ0n) is 7.61. The summed E-state index contributed by atoms with van der Waals surface area (Å²) in [6, 6.07) is 8.88. The summed E-state index contributed by atoms with van der Waals surface area (Å²) in [6.45, 7) is 0. The second-order valence-corrected chi connectivity index (χ2v) is 2.75. The Balaban J connectivity index is 3.08. The van der Waals surface area contributed by atoms with Crippen molar-refractivity contribution in [2.24, 2.45) is 0 Å². The molecule has 0 amide bonds. The largest absolute Gasteiger partial charge is 0.263 e. The second-order valence-electron chi connectivity index (χ2n) is 2.75. The minimum atomic E-state index is -2.55. The minimum absolute atomic E-state index is 0.110. The third kappa shape index (κ3) is 2.89. The van der Waals surface area contributed by atoms with Gasteiger partial charge in [-0.1, -0.05) is 18.2 Å². The Labute approximate surface area is 85.7 Å². The van der Waals surface area contributed by atoms with E-state index in [2.05, 4.69) is 0 Å². The molecule has 0 saturated heterocycles. The lowest BCUT2D eigenvalue weighted by Gasteiger charge is -1.99. The van der Waals surface area contributed by atoms with Crippen molar-refractivity contribution in [1.82, 2.24) is 0 Å². The Kier molecular flexibility index (Phi) is 3.54. The molecule has 0 unspecified atom stereocenters. The lowest BCUT2D eigenvalue weighted by Crippen LogP contribution is -1.84. The molecule has 0 radical (unpaired) electrons. The topological polar surface area (TPSA) is 47.6 Å². The van der Waals surface area contributed by atoms with Gasteiger partial charge in [-0.25, -0.2) is 8.78 Å². The van der Waals surface area contributed by atoms with Crippen LogP contribution in [-0.4, -0.2) is 0 Å². The fourth-order valence-electron chi connectivity index (χ4n) is 1.04. The number of halogens is 2. The molecule has 15 heavy (non-hydrogen) atoms. The lowest BCUT2D eigenvalue weighted by molar-refractivity contribution is 0.151. The van der Waals surface area contributed by atoms with Gasteiger partial charge in [-0.2, -0.15) is 10.5 Å². The molecule has 0 aliphatic heterocycles. The highest BCUT2D eigenvalue weighted by Crippen LogP contribution is 2.20. The zero-order chi connectivity index (χ0) is 11.3. The van der Waals surface area contributed by atoms with E-state index in [4.69, 9.17) is 10.5 Å². The number of hydrogen-bond acceptors (Lipinski definition) is 2. The second kappa shape index (κ2) is 4.88. The summed E-state index contributed by atoms with van der Waals surface area (Å²) >= 11 is 0. The van der Waals surface area contributed by atoms with Crippen molar-refractivity contribution in [2.75, 3.05) is 0 Å². The average Bonchev–Trinajstić information content (AvgIpc) is 2.26. The Morgan fingerprint density at radius 3 is 2.47 bits per heavy atom. The Hall–Kier alpha value is -2.20. The van der Waals surface area contributed by atoms with Crippen molar-refractivity contribution in [2.45, 2.75) is 6.43 Å². The molecule has 1 rings (SSSR count). The van der Waals surface area contributed by atoms with Crippen molar-refractivity contribution in [3.05, 3.63) is 41.0 Å². The predicted octanol–water partition coefficient (Wildman–Crippen LogP) is 3.05. The van der Waals surface area contributed by atoms with E-state index in [0.29, 0.717) is 5.56 Å². The van der Waals surface area contributed by atoms with Crippen LogP contribution in [0.5, 0.6) is 0 Å². The standard InChI is InChI=1S/C11H6F2N2/c12-11(13)10-3-1-2-8(5-10)4-9(6-14)7-15/h1-5,11H. The van der Waals surface area contributed by atoms with Gasteiger partial charge in [-0.05, 0) is 17.7 Å². The molecule has 1 aromatic carbocycles. The van der Waals surface area contributed by atoms with Crippen LogP contribution in [0.25, 0.3) is 6.08 Å². The van der Waals surface area contributed by atoms with Gasteiger partial charge in [0.25, 0.3) is 6.43 Å². The molecule has 0 atom stereocenters. The molecule has 0 aliphatic carbocycles. The highest BCUT2D eigenvalue weighted by molar-refractivity contribution is 5.62. The van der Waals surface area contributed by atoms with Crippen LogP contribution < -0.4 is 0 Å². The van der Waals surface area contributed by atoms with Gasteiger partial charge >= 0.3 is 0 Å². The van der Waals surface area contributed by atoms with Crippen molar-refractivity contribution in [3.8, 4) is 12.1 Å². The maximum Gasteiger partial charge on any atom is 0.263 e. The number of nitrogens with zero attached hydrogens (tertiary/aromatic N) is 2. The quantitative estimate of drug-likeness (QED) is 0.695. The summed E-state index contributed by atoms with van der Waals surface area (Å²) in [4.78, 5) is 0. The number of alkyl halides is 2. The number of rotatable bonds is 2. The molecule has 74 valence electrons. The van der Waals surface area contributed by atoms with Crippen LogP contribution in [-0.2, 0) is 0 Å². The van der Waals surface area contributed by atoms with Gasteiger partial charge in [0.05, 0.1) is 0 Å². The lowest BCUT2D eigenvalue weighted by atomic mass is 10.1. The molecule has 0 bridgehead atoms. The van der Waals surface area contributed by atoms with Gasteiger partial charge in [-0.3, -0.25) is 0 Å². The third-order valence-corrected chi connectivity index (χ3v) is 1.71. The van der Waals surface area contributed by atoms with Gasteiger partial charge in [0, 0.05) is 5.56 Å². The monoisotopic (exact) mass is 204 g/mol. The highest BCUT2D eigenvalue weighted by atomic mass is 19.3. The van der Waals surface area contributed by atoms with Crippen LogP contribution in [0.4, 0.5) is 8.78 Å². The van der Waals surface area contributed by atoms with Gasteiger partial charge in [-0.15, -0.1) is 0 Å². The van der Waals surface area contributed by atoms with E-state index in [0.717, 1.165) is 0 Å². The molecule has 1 aromatic rings. The molecular weight excluding hydrogens is 198 g/mol. The molecule has 2 nitrogen and oxygen atoms in total. The molecule has 0 aromatic heterocycles. The normalized spacial score (nSPS) is 9.13. The molecule has 4 heteroatoms. The van der Waals surface area contributed by atoms with Gasteiger partial charge in [0.1, 0.15) is 17.7 Å².